The van der Waals surface area contributed by atoms with Crippen LogP contribution in [0.3, 0.4) is 0 Å². The van der Waals surface area contributed by atoms with Gasteiger partial charge in [-0.1, -0.05) is 17.7 Å². The van der Waals surface area contributed by atoms with Crippen LogP contribution < -0.4 is 16.0 Å². The SMILES string of the molecule is Cc1ccc(Cl)c(OCCC(=O)NN)c1. The molecule has 0 fully saturated rings. The molecule has 15 heavy (non-hydrogen) atoms. The Morgan fingerprint density at radius 1 is 1.60 bits per heavy atom. The first kappa shape index (κ1) is 11.8. The van der Waals surface area contributed by atoms with Crippen molar-refractivity contribution >= 4 is 17.5 Å². The molecule has 0 atom stereocenters. The third-order valence-corrected chi connectivity index (χ3v) is 2.15. The monoisotopic (exact) mass is 228 g/mol. The summed E-state index contributed by atoms with van der Waals surface area (Å²) in [6.07, 6.45) is 0.209. The van der Waals surface area contributed by atoms with Crippen molar-refractivity contribution in [1.82, 2.24) is 5.43 Å². The standard InChI is InChI=1S/C10H13ClN2O2/c1-7-2-3-8(11)9(6-7)15-5-4-10(14)13-12/h2-3,6H,4-5,12H2,1H3,(H,13,14). The van der Waals surface area contributed by atoms with Crippen molar-refractivity contribution in [2.75, 3.05) is 6.61 Å². The quantitative estimate of drug-likeness (QED) is 0.465. The Morgan fingerprint density at radius 3 is 3.00 bits per heavy atom. The van der Waals surface area contributed by atoms with Crippen molar-refractivity contribution in [3.8, 4) is 5.75 Å². The molecular weight excluding hydrogens is 216 g/mol. The lowest BCUT2D eigenvalue weighted by molar-refractivity contribution is -0.121. The molecule has 0 bridgehead atoms. The Bertz CT molecular complexity index is 355. The number of carbonyl (C=O) groups excluding carboxylic acids is 1. The van der Waals surface area contributed by atoms with Gasteiger partial charge < -0.3 is 4.74 Å². The van der Waals surface area contributed by atoms with Gasteiger partial charge in [-0.3, -0.25) is 10.2 Å². The van der Waals surface area contributed by atoms with Crippen LogP contribution in [0.2, 0.25) is 5.02 Å². The molecule has 1 rings (SSSR count). The van der Waals surface area contributed by atoms with Gasteiger partial charge in [0.15, 0.2) is 0 Å². The topological polar surface area (TPSA) is 64.3 Å². The number of hydrazine groups is 1. The number of nitrogens with two attached hydrogens (primary N) is 1. The van der Waals surface area contributed by atoms with Crippen molar-refractivity contribution in [3.63, 3.8) is 0 Å². The summed E-state index contributed by atoms with van der Waals surface area (Å²) in [6.45, 7) is 2.20. The van der Waals surface area contributed by atoms with Crippen LogP contribution in [0, 0.1) is 6.92 Å². The average Bonchev–Trinajstić information content (AvgIpc) is 2.23. The summed E-state index contributed by atoms with van der Waals surface area (Å²) in [4.78, 5) is 10.8. The fourth-order valence-electron chi connectivity index (χ4n) is 1.05. The van der Waals surface area contributed by atoms with Gasteiger partial charge >= 0.3 is 0 Å². The molecule has 0 heterocycles. The molecule has 1 aromatic rings. The second-order valence-corrected chi connectivity index (χ2v) is 3.51. The second kappa shape index (κ2) is 5.58. The van der Waals surface area contributed by atoms with Crippen LogP contribution in [0.5, 0.6) is 5.75 Å². The molecule has 4 nitrogen and oxygen atoms in total. The van der Waals surface area contributed by atoms with Crippen LogP contribution in [-0.4, -0.2) is 12.5 Å². The maximum Gasteiger partial charge on any atom is 0.237 e. The van der Waals surface area contributed by atoms with E-state index >= 15 is 0 Å². The largest absolute Gasteiger partial charge is 0.491 e. The van der Waals surface area contributed by atoms with Gasteiger partial charge in [0, 0.05) is 0 Å². The van der Waals surface area contributed by atoms with E-state index < -0.39 is 0 Å². The molecule has 1 amide bonds. The van der Waals surface area contributed by atoms with E-state index in [1.54, 1.807) is 6.07 Å². The molecular formula is C10H13ClN2O2. The summed E-state index contributed by atoms with van der Waals surface area (Å²) in [7, 11) is 0. The molecule has 82 valence electrons. The molecule has 0 aliphatic heterocycles. The van der Waals surface area contributed by atoms with E-state index in [-0.39, 0.29) is 18.9 Å². The number of hydrogen-bond acceptors (Lipinski definition) is 3. The minimum absolute atomic E-state index is 0.209. The van der Waals surface area contributed by atoms with E-state index in [2.05, 4.69) is 0 Å². The second-order valence-electron chi connectivity index (χ2n) is 3.10. The number of benzene rings is 1. The van der Waals surface area contributed by atoms with Gasteiger partial charge in [0.2, 0.25) is 5.91 Å². The normalized spacial score (nSPS) is 9.80. The molecule has 0 spiro atoms. The lowest BCUT2D eigenvalue weighted by Crippen LogP contribution is -2.31. The minimum Gasteiger partial charge on any atom is -0.491 e. The minimum atomic E-state index is -0.265. The number of halogens is 1. The van der Waals surface area contributed by atoms with Gasteiger partial charge in [-0.25, -0.2) is 5.84 Å². The third-order valence-electron chi connectivity index (χ3n) is 1.83. The highest BCUT2D eigenvalue weighted by atomic mass is 35.5. The Hall–Kier alpha value is -1.26. The van der Waals surface area contributed by atoms with E-state index in [9.17, 15) is 4.79 Å². The molecule has 3 N–H and O–H groups in total. The number of amides is 1. The van der Waals surface area contributed by atoms with Gasteiger partial charge in [0.25, 0.3) is 0 Å². The van der Waals surface area contributed by atoms with Gasteiger partial charge in [-0.2, -0.15) is 0 Å². The Labute approximate surface area is 93.3 Å². The highest BCUT2D eigenvalue weighted by molar-refractivity contribution is 6.32. The molecule has 0 unspecified atom stereocenters. The summed E-state index contributed by atoms with van der Waals surface area (Å²) >= 11 is 5.90. The number of rotatable bonds is 4. The molecule has 0 saturated heterocycles. The summed E-state index contributed by atoms with van der Waals surface area (Å²) in [6, 6.07) is 5.47. The molecule has 5 heteroatoms. The van der Waals surface area contributed by atoms with Gasteiger partial charge in [0.05, 0.1) is 18.1 Å². The Morgan fingerprint density at radius 2 is 2.33 bits per heavy atom. The van der Waals surface area contributed by atoms with Crippen LogP contribution in [0.15, 0.2) is 18.2 Å². The number of aryl methyl sites for hydroxylation is 1. The lowest BCUT2D eigenvalue weighted by Gasteiger charge is -2.07. The van der Waals surface area contributed by atoms with Gasteiger partial charge in [-0.15, -0.1) is 0 Å². The lowest BCUT2D eigenvalue weighted by atomic mass is 10.2. The maximum atomic E-state index is 10.8. The van der Waals surface area contributed by atoms with Crippen LogP contribution >= 0.6 is 11.6 Å². The number of carbonyl (C=O) groups is 1. The predicted molar refractivity (Wildman–Crippen MR) is 58.6 cm³/mol. The van der Waals surface area contributed by atoms with Crippen LogP contribution in [0.1, 0.15) is 12.0 Å². The first-order chi connectivity index (χ1) is 7.13. The average molecular weight is 229 g/mol. The van der Waals surface area contributed by atoms with Crippen LogP contribution in [0.25, 0.3) is 0 Å². The van der Waals surface area contributed by atoms with Crippen molar-refractivity contribution in [3.05, 3.63) is 28.8 Å². The molecule has 0 aromatic heterocycles. The zero-order chi connectivity index (χ0) is 11.3. The summed E-state index contributed by atoms with van der Waals surface area (Å²) in [5.74, 6) is 5.24. The van der Waals surface area contributed by atoms with Crippen LogP contribution in [0.4, 0.5) is 0 Å². The maximum absolute atomic E-state index is 10.8. The number of nitrogens with one attached hydrogen (secondary N) is 1. The molecule has 1 aromatic carbocycles. The summed E-state index contributed by atoms with van der Waals surface area (Å²) < 4.78 is 5.34. The molecule has 0 radical (unpaired) electrons. The summed E-state index contributed by atoms with van der Waals surface area (Å²) in [5.41, 5.74) is 3.08. The van der Waals surface area contributed by atoms with Crippen molar-refractivity contribution in [1.29, 1.82) is 0 Å². The summed E-state index contributed by atoms with van der Waals surface area (Å²) in [5, 5.41) is 0.536. The zero-order valence-corrected chi connectivity index (χ0v) is 9.17. The van der Waals surface area contributed by atoms with Crippen molar-refractivity contribution in [2.45, 2.75) is 13.3 Å². The number of ether oxygens (including phenoxy) is 1. The predicted octanol–water partition coefficient (Wildman–Crippen LogP) is 1.41. The highest BCUT2D eigenvalue weighted by Gasteiger charge is 2.03. The van der Waals surface area contributed by atoms with E-state index in [1.807, 2.05) is 24.5 Å². The van der Waals surface area contributed by atoms with Crippen LogP contribution in [-0.2, 0) is 4.79 Å². The van der Waals surface area contributed by atoms with Crippen molar-refractivity contribution in [2.24, 2.45) is 5.84 Å². The molecule has 0 saturated carbocycles. The Balaban J connectivity index is 2.50. The van der Waals surface area contributed by atoms with E-state index in [1.165, 1.54) is 0 Å². The van der Waals surface area contributed by atoms with Crippen molar-refractivity contribution < 1.29 is 9.53 Å². The third kappa shape index (κ3) is 3.77. The highest BCUT2D eigenvalue weighted by Crippen LogP contribution is 2.25. The number of hydrogen-bond donors (Lipinski definition) is 2. The van der Waals surface area contributed by atoms with E-state index in [0.717, 1.165) is 5.56 Å². The first-order valence-corrected chi connectivity index (χ1v) is 4.89. The fraction of sp³-hybridized carbons (Fsp3) is 0.300. The first-order valence-electron chi connectivity index (χ1n) is 4.52. The van der Waals surface area contributed by atoms with Gasteiger partial charge in [0.1, 0.15) is 5.75 Å². The molecule has 0 aliphatic carbocycles. The Kier molecular flexibility index (Phi) is 4.39. The van der Waals surface area contributed by atoms with E-state index in [4.69, 9.17) is 22.2 Å². The smallest absolute Gasteiger partial charge is 0.237 e. The van der Waals surface area contributed by atoms with Gasteiger partial charge in [-0.05, 0) is 24.6 Å². The zero-order valence-electron chi connectivity index (χ0n) is 8.42. The molecule has 0 aliphatic rings. The van der Waals surface area contributed by atoms with E-state index in [0.29, 0.717) is 10.8 Å². The fourth-order valence-corrected chi connectivity index (χ4v) is 1.22.